The quantitative estimate of drug-likeness (QED) is 0.472. The van der Waals surface area contributed by atoms with Gasteiger partial charge in [0.25, 0.3) is 0 Å². The summed E-state index contributed by atoms with van der Waals surface area (Å²) in [5.41, 5.74) is -0.551. The van der Waals surface area contributed by atoms with Gasteiger partial charge in [-0.3, -0.25) is 0 Å². The molecule has 119 valence electrons. The molecule has 0 spiro atoms. The van der Waals surface area contributed by atoms with Crippen molar-refractivity contribution in [1.29, 1.82) is 0 Å². The summed E-state index contributed by atoms with van der Waals surface area (Å²) >= 11 is 0. The van der Waals surface area contributed by atoms with Gasteiger partial charge in [0.05, 0.1) is 12.2 Å². The minimum absolute atomic E-state index is 0. The van der Waals surface area contributed by atoms with Gasteiger partial charge in [0.15, 0.2) is 0 Å². The molecule has 1 fully saturated rings. The largest absolute Gasteiger partial charge is 1.00 e. The molecular formula is C15H26BNNaO4. The number of hydrogen-bond donors (Lipinski definition) is 2. The number of carbonyl (C=O) groups excluding carboxylic acids is 1. The second kappa shape index (κ2) is 10.6. The minimum atomic E-state index is -0.703. The maximum Gasteiger partial charge on any atom is 1.00 e. The Hall–Kier alpha value is -0.185. The molecule has 3 unspecified atom stereocenters. The first-order chi connectivity index (χ1) is 9.24. The van der Waals surface area contributed by atoms with E-state index in [1.165, 1.54) is 0 Å². The molecule has 1 amide bonds. The van der Waals surface area contributed by atoms with Crippen molar-refractivity contribution in [2.24, 2.45) is 5.92 Å². The first kappa shape index (κ1) is 24.1. The molecule has 0 saturated carbocycles. The third kappa shape index (κ3) is 7.89. The van der Waals surface area contributed by atoms with E-state index in [1.807, 2.05) is 20.8 Å². The van der Waals surface area contributed by atoms with Gasteiger partial charge in [0.1, 0.15) is 5.60 Å². The number of likely N-dealkylation sites (tertiary alicyclic amines) is 1. The molecular weight excluding hydrogens is 292 g/mol. The summed E-state index contributed by atoms with van der Waals surface area (Å²) in [6.45, 7) is 6.16. The fourth-order valence-corrected chi connectivity index (χ4v) is 2.29. The van der Waals surface area contributed by atoms with E-state index >= 15 is 0 Å². The van der Waals surface area contributed by atoms with E-state index in [4.69, 9.17) is 11.2 Å². The SMILES string of the molecule is C#CCCC(O)C1CN(C(=O)OC(C)(C)C)CCC1O.[B].[H-].[Na+]. The number of aliphatic hydroxyl groups excluding tert-OH is 2. The van der Waals surface area contributed by atoms with Gasteiger partial charge in [-0.15, -0.1) is 12.3 Å². The van der Waals surface area contributed by atoms with Crippen LogP contribution in [0.2, 0.25) is 0 Å². The number of nitrogens with zero attached hydrogens (tertiary/aromatic N) is 1. The maximum atomic E-state index is 12.0. The van der Waals surface area contributed by atoms with Gasteiger partial charge in [-0.05, 0) is 33.6 Å². The summed E-state index contributed by atoms with van der Waals surface area (Å²) in [7, 11) is 0. The van der Waals surface area contributed by atoms with Crippen molar-refractivity contribution in [1.82, 2.24) is 4.90 Å². The van der Waals surface area contributed by atoms with E-state index in [0.717, 1.165) is 0 Å². The zero-order valence-corrected chi connectivity index (χ0v) is 16.1. The Morgan fingerprint density at radius 1 is 1.55 bits per heavy atom. The Balaban J connectivity index is -0.00000133. The summed E-state index contributed by atoms with van der Waals surface area (Å²) in [5.74, 6) is 2.10. The molecule has 0 bridgehead atoms. The van der Waals surface area contributed by atoms with E-state index in [1.54, 1.807) is 4.90 Å². The molecule has 22 heavy (non-hydrogen) atoms. The van der Waals surface area contributed by atoms with Crippen LogP contribution in [0, 0.1) is 18.3 Å². The predicted molar refractivity (Wildman–Crippen MR) is 82.9 cm³/mol. The number of amides is 1. The standard InChI is InChI=1S/C15H25NO4.B.Na.H/c1-5-6-7-12(17)11-10-16(9-8-13(11)18)14(19)20-15(2,3)4;;;/h1,11-13,17-18H,6-10H2,2-4H3;;;/q;;+1;-1. The first-order valence-corrected chi connectivity index (χ1v) is 7.02. The average molecular weight is 318 g/mol. The maximum absolute atomic E-state index is 12.0. The second-order valence-corrected chi connectivity index (χ2v) is 6.26. The summed E-state index contributed by atoms with van der Waals surface area (Å²) < 4.78 is 5.31. The Labute approximate surface area is 159 Å². The van der Waals surface area contributed by atoms with Crippen LogP contribution in [0.1, 0.15) is 41.5 Å². The van der Waals surface area contributed by atoms with Gasteiger partial charge in [-0.2, -0.15) is 0 Å². The zero-order valence-electron chi connectivity index (χ0n) is 15.1. The fraction of sp³-hybridized carbons (Fsp3) is 0.800. The topological polar surface area (TPSA) is 70.0 Å². The number of ether oxygens (including phenoxy) is 1. The Kier molecular flexibility index (Phi) is 11.6. The number of carbonyl (C=O) groups is 1. The smallest absolute Gasteiger partial charge is 1.00 e. The monoisotopic (exact) mass is 318 g/mol. The molecule has 3 atom stereocenters. The molecule has 5 nitrogen and oxygen atoms in total. The van der Waals surface area contributed by atoms with Gasteiger partial charge in [0.2, 0.25) is 0 Å². The number of terminal acetylenes is 1. The number of piperidine rings is 1. The van der Waals surface area contributed by atoms with Gasteiger partial charge in [-0.1, -0.05) is 0 Å². The predicted octanol–water partition coefficient (Wildman–Crippen LogP) is -1.89. The molecule has 1 heterocycles. The van der Waals surface area contributed by atoms with Crippen LogP contribution >= 0.6 is 0 Å². The molecule has 0 aromatic heterocycles. The summed E-state index contributed by atoms with van der Waals surface area (Å²) in [6, 6.07) is 0. The average Bonchev–Trinajstić information content (AvgIpc) is 2.34. The normalized spacial score (nSPS) is 22.6. The Bertz CT molecular complexity index is 387. The van der Waals surface area contributed by atoms with Crippen molar-refractivity contribution >= 4 is 14.5 Å². The fourth-order valence-electron chi connectivity index (χ4n) is 2.29. The van der Waals surface area contributed by atoms with Crippen molar-refractivity contribution in [3.8, 4) is 12.3 Å². The third-order valence-electron chi connectivity index (χ3n) is 3.35. The van der Waals surface area contributed by atoms with Crippen LogP contribution in [0.5, 0.6) is 0 Å². The Morgan fingerprint density at radius 2 is 2.14 bits per heavy atom. The molecule has 3 radical (unpaired) electrons. The molecule has 1 aliphatic rings. The molecule has 0 aromatic carbocycles. The summed E-state index contributed by atoms with van der Waals surface area (Å²) in [4.78, 5) is 13.6. The van der Waals surface area contributed by atoms with Crippen molar-refractivity contribution in [3.05, 3.63) is 0 Å². The van der Waals surface area contributed by atoms with E-state index < -0.39 is 23.9 Å². The molecule has 2 N–H and O–H groups in total. The zero-order chi connectivity index (χ0) is 15.3. The van der Waals surface area contributed by atoms with Crippen molar-refractivity contribution in [3.63, 3.8) is 0 Å². The molecule has 0 aromatic rings. The van der Waals surface area contributed by atoms with Crippen molar-refractivity contribution < 1.29 is 50.7 Å². The van der Waals surface area contributed by atoms with Crippen LogP contribution in [0.15, 0.2) is 0 Å². The van der Waals surface area contributed by atoms with Crippen molar-refractivity contribution in [2.75, 3.05) is 13.1 Å². The van der Waals surface area contributed by atoms with Crippen LogP contribution in [-0.4, -0.2) is 60.5 Å². The molecule has 0 aliphatic carbocycles. The Morgan fingerprint density at radius 3 is 2.64 bits per heavy atom. The van der Waals surface area contributed by atoms with Crippen LogP contribution in [-0.2, 0) is 4.74 Å². The van der Waals surface area contributed by atoms with E-state index in [-0.39, 0.29) is 45.3 Å². The van der Waals surface area contributed by atoms with Gasteiger partial charge in [-0.25, -0.2) is 4.79 Å². The minimum Gasteiger partial charge on any atom is -1.00 e. The van der Waals surface area contributed by atoms with Crippen LogP contribution in [0.3, 0.4) is 0 Å². The van der Waals surface area contributed by atoms with Gasteiger partial charge >= 0.3 is 35.7 Å². The summed E-state index contributed by atoms with van der Waals surface area (Å²) in [6.07, 6.45) is 4.79. The van der Waals surface area contributed by atoms with Crippen LogP contribution in [0.4, 0.5) is 4.79 Å². The first-order valence-electron chi connectivity index (χ1n) is 7.02. The van der Waals surface area contributed by atoms with E-state index in [2.05, 4.69) is 5.92 Å². The number of hydrogen-bond acceptors (Lipinski definition) is 4. The molecule has 1 rings (SSSR count). The molecule has 1 aliphatic heterocycles. The summed E-state index contributed by atoms with van der Waals surface area (Å²) in [5, 5.41) is 20.1. The molecule has 1 saturated heterocycles. The van der Waals surface area contributed by atoms with E-state index in [9.17, 15) is 15.0 Å². The van der Waals surface area contributed by atoms with Crippen molar-refractivity contribution in [2.45, 2.75) is 57.8 Å². The van der Waals surface area contributed by atoms with E-state index in [0.29, 0.717) is 32.4 Å². The molecule has 7 heteroatoms. The van der Waals surface area contributed by atoms with Gasteiger partial charge in [0, 0.05) is 33.8 Å². The van der Waals surface area contributed by atoms with Gasteiger partial charge < -0.3 is 21.3 Å². The van der Waals surface area contributed by atoms with Crippen LogP contribution < -0.4 is 29.6 Å². The third-order valence-corrected chi connectivity index (χ3v) is 3.35. The number of rotatable bonds is 3. The second-order valence-electron chi connectivity index (χ2n) is 6.26. The van der Waals surface area contributed by atoms with Crippen LogP contribution in [0.25, 0.3) is 0 Å². The number of aliphatic hydroxyl groups is 2.